The number of carbonyl (C=O) groups excluding carboxylic acids is 1. The first-order valence-electron chi connectivity index (χ1n) is 8.65. The summed E-state index contributed by atoms with van der Waals surface area (Å²) in [5, 5.41) is 3.33. The molecule has 1 atom stereocenters. The first kappa shape index (κ1) is 17.1. The maximum Gasteiger partial charge on any atom is 0.277 e. The molecule has 128 valence electrons. The average Bonchev–Trinajstić information content (AvgIpc) is 2.95. The van der Waals surface area contributed by atoms with E-state index in [0.29, 0.717) is 17.4 Å². The number of nitrogens with zero attached hydrogens (tertiary/aromatic N) is 1. The second-order valence-electron chi connectivity index (χ2n) is 6.21. The molecule has 1 heterocycles. The van der Waals surface area contributed by atoms with E-state index >= 15 is 0 Å². The summed E-state index contributed by atoms with van der Waals surface area (Å²) in [6.07, 6.45) is 4.98. The Balaban J connectivity index is 2.06. The van der Waals surface area contributed by atoms with E-state index in [-0.39, 0.29) is 16.9 Å². The molecular formula is C19H24N2O2S. The molecule has 0 radical (unpaired) electrons. The summed E-state index contributed by atoms with van der Waals surface area (Å²) < 4.78 is 1.46. The van der Waals surface area contributed by atoms with Crippen LogP contribution in [0.2, 0.25) is 0 Å². The van der Waals surface area contributed by atoms with Crippen LogP contribution in [0, 0.1) is 6.92 Å². The first-order valence-corrected chi connectivity index (χ1v) is 9.70. The van der Waals surface area contributed by atoms with Gasteiger partial charge in [-0.3, -0.25) is 14.3 Å². The molecule has 0 saturated carbocycles. The van der Waals surface area contributed by atoms with Gasteiger partial charge in [-0.05, 0) is 55.6 Å². The van der Waals surface area contributed by atoms with Crippen molar-refractivity contribution in [3.05, 3.63) is 56.5 Å². The molecule has 2 aromatic rings. The van der Waals surface area contributed by atoms with Gasteiger partial charge in [0.25, 0.3) is 5.56 Å². The Morgan fingerprint density at radius 1 is 1.33 bits per heavy atom. The summed E-state index contributed by atoms with van der Waals surface area (Å²) in [4.78, 5) is 25.2. The predicted octanol–water partition coefficient (Wildman–Crippen LogP) is 3.87. The van der Waals surface area contributed by atoms with Crippen LogP contribution >= 0.6 is 11.8 Å². The number of H-pyrrole nitrogens is 1. The largest absolute Gasteiger partial charge is 0.302 e. The van der Waals surface area contributed by atoms with Crippen LogP contribution in [0.15, 0.2) is 23.1 Å². The SMILES string of the molecule is CCSC1CCCc2ccc(C(=O)c3c[nH]n(CC)c3=O)c(C)c21. The molecule has 3 rings (SSSR count). The lowest BCUT2D eigenvalue weighted by Gasteiger charge is -2.27. The van der Waals surface area contributed by atoms with E-state index in [9.17, 15) is 9.59 Å². The van der Waals surface area contributed by atoms with E-state index < -0.39 is 0 Å². The van der Waals surface area contributed by atoms with Crippen molar-refractivity contribution in [2.24, 2.45) is 0 Å². The van der Waals surface area contributed by atoms with E-state index in [1.54, 1.807) is 0 Å². The third-order valence-electron chi connectivity index (χ3n) is 4.85. The summed E-state index contributed by atoms with van der Waals surface area (Å²) >= 11 is 1.95. The van der Waals surface area contributed by atoms with Crippen molar-refractivity contribution in [3.63, 3.8) is 0 Å². The Hall–Kier alpha value is -1.75. The molecule has 0 spiro atoms. The fourth-order valence-corrected chi connectivity index (χ4v) is 4.87. The Labute approximate surface area is 146 Å². The standard InChI is InChI=1S/C19H24N2O2S/c1-4-21-19(23)15(11-20-21)18(22)14-10-9-13-7-6-8-16(24-5-2)17(13)12(14)3/h9-11,16,20H,4-8H2,1-3H3. The van der Waals surface area contributed by atoms with E-state index in [4.69, 9.17) is 0 Å². The van der Waals surface area contributed by atoms with E-state index in [0.717, 1.165) is 24.2 Å². The van der Waals surface area contributed by atoms with E-state index in [2.05, 4.69) is 18.1 Å². The zero-order valence-corrected chi connectivity index (χ0v) is 15.3. The number of benzene rings is 1. The van der Waals surface area contributed by atoms with Crippen molar-refractivity contribution in [2.75, 3.05) is 5.75 Å². The van der Waals surface area contributed by atoms with Gasteiger partial charge in [-0.1, -0.05) is 19.1 Å². The minimum atomic E-state index is -0.237. The van der Waals surface area contributed by atoms with E-state index in [1.807, 2.05) is 31.7 Å². The van der Waals surface area contributed by atoms with Crippen molar-refractivity contribution >= 4 is 17.5 Å². The average molecular weight is 344 g/mol. The van der Waals surface area contributed by atoms with Gasteiger partial charge in [0.05, 0.1) is 0 Å². The van der Waals surface area contributed by atoms with Crippen LogP contribution in [0.25, 0.3) is 0 Å². The highest BCUT2D eigenvalue weighted by Gasteiger charge is 2.26. The summed E-state index contributed by atoms with van der Waals surface area (Å²) in [5.41, 5.74) is 4.39. The molecule has 0 amide bonds. The number of aromatic amines is 1. The number of fused-ring (bicyclic) bond motifs is 1. The van der Waals surface area contributed by atoms with E-state index in [1.165, 1.54) is 28.4 Å². The highest BCUT2D eigenvalue weighted by molar-refractivity contribution is 7.99. The van der Waals surface area contributed by atoms with Crippen molar-refractivity contribution in [1.29, 1.82) is 0 Å². The Kier molecular flexibility index (Phi) is 4.99. The highest BCUT2D eigenvalue weighted by atomic mass is 32.2. The van der Waals surface area contributed by atoms with Crippen LogP contribution in [-0.4, -0.2) is 21.3 Å². The molecule has 24 heavy (non-hydrogen) atoms. The molecule has 4 nitrogen and oxygen atoms in total. The van der Waals surface area contributed by atoms with Crippen LogP contribution in [0.4, 0.5) is 0 Å². The lowest BCUT2D eigenvalue weighted by atomic mass is 9.84. The van der Waals surface area contributed by atoms with Crippen LogP contribution < -0.4 is 5.56 Å². The summed E-state index contributed by atoms with van der Waals surface area (Å²) in [7, 11) is 0. The molecule has 0 saturated heterocycles. The topological polar surface area (TPSA) is 54.9 Å². The maximum atomic E-state index is 12.9. The van der Waals surface area contributed by atoms with Gasteiger partial charge < -0.3 is 5.10 Å². The van der Waals surface area contributed by atoms with Crippen molar-refractivity contribution in [2.45, 2.75) is 51.8 Å². The minimum absolute atomic E-state index is 0.172. The molecule has 5 heteroatoms. The third-order valence-corrected chi connectivity index (χ3v) is 6.06. The molecule has 0 fully saturated rings. The number of rotatable bonds is 5. The zero-order valence-electron chi connectivity index (χ0n) is 14.5. The number of hydrogen-bond acceptors (Lipinski definition) is 3. The fourth-order valence-electron chi connectivity index (χ4n) is 3.64. The molecule has 1 aromatic carbocycles. The van der Waals surface area contributed by atoms with Gasteiger partial charge in [-0.2, -0.15) is 11.8 Å². The van der Waals surface area contributed by atoms with Crippen LogP contribution in [0.5, 0.6) is 0 Å². The molecule has 1 N–H and O–H groups in total. The van der Waals surface area contributed by atoms with Crippen molar-refractivity contribution in [1.82, 2.24) is 9.78 Å². The van der Waals surface area contributed by atoms with Gasteiger partial charge in [0.1, 0.15) is 5.56 Å². The normalized spacial score (nSPS) is 16.9. The smallest absolute Gasteiger partial charge is 0.277 e. The predicted molar refractivity (Wildman–Crippen MR) is 99.1 cm³/mol. The number of carbonyl (C=O) groups is 1. The molecular weight excluding hydrogens is 320 g/mol. The number of ketones is 1. The van der Waals surface area contributed by atoms with Crippen LogP contribution in [0.3, 0.4) is 0 Å². The Bertz CT molecular complexity index is 819. The summed E-state index contributed by atoms with van der Waals surface area (Å²) in [5.74, 6) is 0.898. The van der Waals surface area contributed by atoms with Crippen LogP contribution in [-0.2, 0) is 13.0 Å². The first-order chi connectivity index (χ1) is 11.6. The number of aryl methyl sites for hydroxylation is 2. The van der Waals surface area contributed by atoms with Crippen molar-refractivity contribution in [3.8, 4) is 0 Å². The lowest BCUT2D eigenvalue weighted by Crippen LogP contribution is -2.22. The molecule has 1 aromatic heterocycles. The number of thioether (sulfide) groups is 1. The molecule has 0 aliphatic heterocycles. The van der Waals surface area contributed by atoms with Crippen LogP contribution in [0.1, 0.15) is 64.6 Å². The summed E-state index contributed by atoms with van der Waals surface area (Å²) in [6, 6.07) is 3.99. The fraction of sp³-hybridized carbons (Fsp3) is 0.474. The molecule has 1 aliphatic carbocycles. The Morgan fingerprint density at radius 2 is 2.12 bits per heavy atom. The molecule has 0 bridgehead atoms. The number of nitrogens with one attached hydrogen (secondary N) is 1. The van der Waals surface area contributed by atoms with Gasteiger partial charge >= 0.3 is 0 Å². The minimum Gasteiger partial charge on any atom is -0.302 e. The quantitative estimate of drug-likeness (QED) is 0.838. The highest BCUT2D eigenvalue weighted by Crippen LogP contribution is 2.42. The third kappa shape index (κ3) is 2.86. The molecule has 1 aliphatic rings. The maximum absolute atomic E-state index is 12.9. The van der Waals surface area contributed by atoms with Gasteiger partial charge in [0, 0.05) is 23.6 Å². The number of hydrogen-bond donors (Lipinski definition) is 1. The zero-order chi connectivity index (χ0) is 17.3. The van der Waals surface area contributed by atoms with Gasteiger partial charge in [0.2, 0.25) is 0 Å². The molecule has 1 unspecified atom stereocenters. The van der Waals surface area contributed by atoms with Gasteiger partial charge in [0.15, 0.2) is 5.78 Å². The number of aromatic nitrogens is 2. The van der Waals surface area contributed by atoms with Gasteiger partial charge in [-0.15, -0.1) is 0 Å². The van der Waals surface area contributed by atoms with Gasteiger partial charge in [-0.25, -0.2) is 0 Å². The monoisotopic (exact) mass is 344 g/mol. The second kappa shape index (κ2) is 7.01. The Morgan fingerprint density at radius 3 is 2.79 bits per heavy atom. The lowest BCUT2D eigenvalue weighted by molar-refractivity contribution is 0.103. The second-order valence-corrected chi connectivity index (χ2v) is 7.69. The summed E-state index contributed by atoms with van der Waals surface area (Å²) in [6.45, 7) is 6.62. The van der Waals surface area contributed by atoms with Crippen molar-refractivity contribution < 1.29 is 4.79 Å².